The van der Waals surface area contributed by atoms with Crippen LogP contribution in [0.4, 0.5) is 5.69 Å². The molecule has 0 spiro atoms. The maximum Gasteiger partial charge on any atom is 0.0647 e. The van der Waals surface area contributed by atoms with Gasteiger partial charge in [0.05, 0.1) is 21.5 Å². The van der Waals surface area contributed by atoms with Gasteiger partial charge in [-0.3, -0.25) is 4.21 Å². The molecule has 0 saturated heterocycles. The highest BCUT2D eigenvalue weighted by Crippen LogP contribution is 2.22. The highest BCUT2D eigenvalue weighted by atomic mass is 35.5. The third kappa shape index (κ3) is 3.80. The van der Waals surface area contributed by atoms with Crippen molar-refractivity contribution in [2.75, 3.05) is 11.5 Å². The van der Waals surface area contributed by atoms with Crippen LogP contribution in [0.15, 0.2) is 23.1 Å². The van der Waals surface area contributed by atoms with E-state index in [4.69, 9.17) is 17.3 Å². The van der Waals surface area contributed by atoms with Gasteiger partial charge in [0, 0.05) is 10.6 Å². The average molecular weight is 260 g/mol. The lowest BCUT2D eigenvalue weighted by Crippen LogP contribution is -2.08. The smallest absolute Gasteiger partial charge is 0.0647 e. The molecule has 0 aliphatic heterocycles. The SMILES string of the molecule is CCCC(C)CS(=O)c1ccc(N)c(Cl)c1. The monoisotopic (exact) mass is 259 g/mol. The molecule has 1 aromatic rings. The minimum Gasteiger partial charge on any atom is -0.398 e. The fourth-order valence-corrected chi connectivity index (χ4v) is 3.17. The van der Waals surface area contributed by atoms with Crippen LogP contribution >= 0.6 is 11.6 Å². The molecular formula is C12H18ClNOS. The molecule has 1 rings (SSSR count). The Bertz CT molecular complexity index is 381. The zero-order valence-corrected chi connectivity index (χ0v) is 11.3. The number of hydrogen-bond donors (Lipinski definition) is 1. The molecule has 0 aliphatic rings. The van der Waals surface area contributed by atoms with Gasteiger partial charge in [-0.05, 0) is 24.1 Å². The molecule has 16 heavy (non-hydrogen) atoms. The summed E-state index contributed by atoms with van der Waals surface area (Å²) >= 11 is 5.90. The van der Waals surface area contributed by atoms with Crippen LogP contribution < -0.4 is 5.73 Å². The van der Waals surface area contributed by atoms with Gasteiger partial charge in [-0.25, -0.2) is 0 Å². The molecule has 0 aromatic heterocycles. The van der Waals surface area contributed by atoms with E-state index < -0.39 is 10.8 Å². The molecule has 0 heterocycles. The van der Waals surface area contributed by atoms with Gasteiger partial charge >= 0.3 is 0 Å². The molecule has 1 aromatic carbocycles. The van der Waals surface area contributed by atoms with E-state index in [1.54, 1.807) is 18.2 Å². The Morgan fingerprint density at radius 3 is 2.75 bits per heavy atom. The normalized spacial score (nSPS) is 14.7. The van der Waals surface area contributed by atoms with Crippen molar-refractivity contribution in [1.29, 1.82) is 0 Å². The fourth-order valence-electron chi connectivity index (χ4n) is 1.58. The molecule has 0 saturated carbocycles. The van der Waals surface area contributed by atoms with Crippen molar-refractivity contribution >= 4 is 28.1 Å². The Kier molecular flexibility index (Phi) is 5.29. The van der Waals surface area contributed by atoms with E-state index in [-0.39, 0.29) is 0 Å². The number of benzene rings is 1. The Morgan fingerprint density at radius 1 is 1.50 bits per heavy atom. The zero-order valence-electron chi connectivity index (χ0n) is 9.70. The number of nitrogen functional groups attached to an aromatic ring is 1. The summed E-state index contributed by atoms with van der Waals surface area (Å²) in [5, 5.41) is 0.481. The second-order valence-corrected chi connectivity index (χ2v) is 5.99. The summed E-state index contributed by atoms with van der Waals surface area (Å²) in [6.45, 7) is 4.26. The molecule has 90 valence electrons. The van der Waals surface area contributed by atoms with Gasteiger partial charge in [-0.15, -0.1) is 0 Å². The van der Waals surface area contributed by atoms with E-state index in [1.807, 2.05) is 0 Å². The Hall–Kier alpha value is -0.540. The van der Waals surface area contributed by atoms with Crippen molar-refractivity contribution in [2.24, 2.45) is 5.92 Å². The first kappa shape index (κ1) is 13.5. The molecule has 2 unspecified atom stereocenters. The summed E-state index contributed by atoms with van der Waals surface area (Å²) < 4.78 is 12.0. The molecule has 0 amide bonds. The maximum atomic E-state index is 12.0. The van der Waals surface area contributed by atoms with Crippen LogP contribution in [-0.2, 0) is 10.8 Å². The van der Waals surface area contributed by atoms with E-state index in [0.29, 0.717) is 22.4 Å². The van der Waals surface area contributed by atoms with Gasteiger partial charge in [0.2, 0.25) is 0 Å². The molecular weight excluding hydrogens is 242 g/mol. The Morgan fingerprint density at radius 2 is 2.19 bits per heavy atom. The highest BCUT2D eigenvalue weighted by Gasteiger charge is 2.10. The minimum atomic E-state index is -0.974. The summed E-state index contributed by atoms with van der Waals surface area (Å²) in [5.74, 6) is 1.16. The number of rotatable bonds is 5. The first-order chi connectivity index (χ1) is 7.54. The summed E-state index contributed by atoms with van der Waals surface area (Å²) in [4.78, 5) is 0.766. The van der Waals surface area contributed by atoms with E-state index >= 15 is 0 Å². The van der Waals surface area contributed by atoms with E-state index in [0.717, 1.165) is 17.7 Å². The van der Waals surface area contributed by atoms with Crippen molar-refractivity contribution in [1.82, 2.24) is 0 Å². The van der Waals surface area contributed by atoms with Gasteiger partial charge < -0.3 is 5.73 Å². The largest absolute Gasteiger partial charge is 0.398 e. The molecule has 4 heteroatoms. The maximum absolute atomic E-state index is 12.0. The molecule has 0 aliphatic carbocycles. The van der Waals surface area contributed by atoms with Crippen LogP contribution in [0.1, 0.15) is 26.7 Å². The van der Waals surface area contributed by atoms with Gasteiger partial charge in [0.25, 0.3) is 0 Å². The van der Waals surface area contributed by atoms with E-state index in [2.05, 4.69) is 13.8 Å². The van der Waals surface area contributed by atoms with E-state index in [1.165, 1.54) is 0 Å². The zero-order chi connectivity index (χ0) is 12.1. The third-order valence-corrected chi connectivity index (χ3v) is 4.43. The number of anilines is 1. The molecule has 0 fully saturated rings. The lowest BCUT2D eigenvalue weighted by Gasteiger charge is -2.10. The van der Waals surface area contributed by atoms with Crippen molar-refractivity contribution in [3.63, 3.8) is 0 Å². The molecule has 2 N–H and O–H groups in total. The number of nitrogens with two attached hydrogens (primary N) is 1. The van der Waals surface area contributed by atoms with Crippen LogP contribution in [0.5, 0.6) is 0 Å². The number of halogens is 1. The first-order valence-corrected chi connectivity index (χ1v) is 7.17. The first-order valence-electron chi connectivity index (χ1n) is 5.48. The van der Waals surface area contributed by atoms with Crippen LogP contribution in [0.2, 0.25) is 5.02 Å². The standard InChI is InChI=1S/C12H18ClNOS/c1-3-4-9(2)8-16(15)10-5-6-12(14)11(13)7-10/h5-7,9H,3-4,8,14H2,1-2H3. The second kappa shape index (κ2) is 6.26. The topological polar surface area (TPSA) is 43.1 Å². The summed E-state index contributed by atoms with van der Waals surface area (Å²) in [5.41, 5.74) is 6.14. The van der Waals surface area contributed by atoms with Gasteiger partial charge in [0.15, 0.2) is 0 Å². The van der Waals surface area contributed by atoms with Crippen LogP contribution in [-0.4, -0.2) is 9.96 Å². The summed E-state index contributed by atoms with van der Waals surface area (Å²) in [6, 6.07) is 5.20. The fraction of sp³-hybridized carbons (Fsp3) is 0.500. The van der Waals surface area contributed by atoms with Gasteiger partial charge in [-0.1, -0.05) is 38.3 Å². The molecule has 0 radical (unpaired) electrons. The van der Waals surface area contributed by atoms with Crippen molar-refractivity contribution in [2.45, 2.75) is 31.6 Å². The Labute approximate surface area is 105 Å². The highest BCUT2D eigenvalue weighted by molar-refractivity contribution is 7.85. The number of hydrogen-bond acceptors (Lipinski definition) is 2. The lowest BCUT2D eigenvalue weighted by atomic mass is 10.1. The van der Waals surface area contributed by atoms with Crippen LogP contribution in [0.3, 0.4) is 0 Å². The summed E-state index contributed by atoms with van der Waals surface area (Å²) in [7, 11) is -0.974. The molecule has 2 atom stereocenters. The minimum absolute atomic E-state index is 0.474. The van der Waals surface area contributed by atoms with Crippen LogP contribution in [0.25, 0.3) is 0 Å². The quantitative estimate of drug-likeness (QED) is 0.823. The van der Waals surface area contributed by atoms with E-state index in [9.17, 15) is 4.21 Å². The van der Waals surface area contributed by atoms with Crippen molar-refractivity contribution in [3.05, 3.63) is 23.2 Å². The predicted molar refractivity (Wildman–Crippen MR) is 71.2 cm³/mol. The van der Waals surface area contributed by atoms with Crippen molar-refractivity contribution < 1.29 is 4.21 Å². The molecule has 2 nitrogen and oxygen atoms in total. The lowest BCUT2D eigenvalue weighted by molar-refractivity contribution is 0.574. The average Bonchev–Trinajstić information content (AvgIpc) is 2.22. The van der Waals surface area contributed by atoms with Gasteiger partial charge in [-0.2, -0.15) is 0 Å². The third-order valence-electron chi connectivity index (χ3n) is 2.45. The van der Waals surface area contributed by atoms with Crippen LogP contribution in [0, 0.1) is 5.92 Å². The Balaban J connectivity index is 2.69. The summed E-state index contributed by atoms with van der Waals surface area (Å²) in [6.07, 6.45) is 2.23. The second-order valence-electron chi connectivity index (χ2n) is 4.09. The van der Waals surface area contributed by atoms with Crippen molar-refractivity contribution in [3.8, 4) is 0 Å². The molecule has 0 bridgehead atoms. The predicted octanol–water partition coefficient (Wildman–Crippen LogP) is 3.47. The van der Waals surface area contributed by atoms with Gasteiger partial charge in [0.1, 0.15) is 0 Å².